The maximum Gasteiger partial charge on any atom is 0.187 e. The van der Waals surface area contributed by atoms with Crippen LogP contribution in [0.3, 0.4) is 0 Å². The number of rotatable bonds is 3. The number of nitrogens with zero attached hydrogens (tertiary/aromatic N) is 2. The van der Waals surface area contributed by atoms with Gasteiger partial charge in [0.05, 0.1) is 30.2 Å². The van der Waals surface area contributed by atoms with Crippen LogP contribution in [0.5, 0.6) is 0 Å². The zero-order valence-corrected chi connectivity index (χ0v) is 22.2. The van der Waals surface area contributed by atoms with Gasteiger partial charge in [0.2, 0.25) is 0 Å². The van der Waals surface area contributed by atoms with Crippen LogP contribution >= 0.6 is 0 Å². The maximum absolute atomic E-state index is 13.9. The Morgan fingerprint density at radius 2 is 2.10 bits per heavy atom. The number of allylic oxidation sites excluding steroid dienone is 4. The third-order valence-electron chi connectivity index (χ3n) is 10.7. The Morgan fingerprint density at radius 1 is 1.28 bits per heavy atom. The van der Waals surface area contributed by atoms with Crippen LogP contribution in [0, 0.1) is 39.9 Å². The molecule has 1 N–H and O–H groups in total. The van der Waals surface area contributed by atoms with E-state index in [1.165, 1.54) is 0 Å². The van der Waals surface area contributed by atoms with Gasteiger partial charge in [-0.05, 0) is 49.3 Å². The molecular weight excluding hydrogens is 492 g/mol. The van der Waals surface area contributed by atoms with Crippen molar-refractivity contribution in [2.75, 3.05) is 0 Å². The number of ether oxygens (including phenoxy) is 2. The monoisotopic (exact) mass is 524 g/mol. The standard InChI is InChI=1S/C32H32N2O5/c1-30-11-9-21(35)14-20(30)7-8-22-23-15-27-32(26(37)10-12-33,31(23,2)16-25(36)28(22)30)39-29(38-27)19-13-18-5-3-4-6-24(18)34-17-19/h3-7,9,11,13,17,22-23,25,27-29,36H,8,10,14-16H2,1-2H3/t22-,23-,25-,27+,28+,29?,30-,31-,32+/m0/s1. The second-order valence-electron chi connectivity index (χ2n) is 12.5. The molecule has 2 saturated carbocycles. The van der Waals surface area contributed by atoms with E-state index in [2.05, 4.69) is 24.9 Å². The van der Waals surface area contributed by atoms with Gasteiger partial charge in [0.15, 0.2) is 23.5 Å². The van der Waals surface area contributed by atoms with Gasteiger partial charge in [-0.3, -0.25) is 14.6 Å². The Labute approximate surface area is 227 Å². The van der Waals surface area contributed by atoms with Crippen molar-refractivity contribution < 1.29 is 24.2 Å². The van der Waals surface area contributed by atoms with Crippen molar-refractivity contribution in [1.29, 1.82) is 5.26 Å². The number of aromatic nitrogens is 1. The zero-order chi connectivity index (χ0) is 27.2. The lowest BCUT2D eigenvalue weighted by molar-refractivity contribution is -0.197. The lowest BCUT2D eigenvalue weighted by atomic mass is 9.46. The number of pyridine rings is 1. The predicted octanol–water partition coefficient (Wildman–Crippen LogP) is 4.76. The van der Waals surface area contributed by atoms with E-state index in [9.17, 15) is 20.0 Å². The molecule has 0 bridgehead atoms. The number of aliphatic hydroxyl groups excluding tert-OH is 1. The average Bonchev–Trinajstić information content (AvgIpc) is 3.42. The van der Waals surface area contributed by atoms with Crippen LogP contribution in [0.25, 0.3) is 10.9 Å². The molecule has 5 aliphatic rings. The molecule has 7 nitrogen and oxygen atoms in total. The van der Waals surface area contributed by atoms with Crippen molar-refractivity contribution >= 4 is 22.5 Å². The van der Waals surface area contributed by atoms with Crippen LogP contribution in [0.4, 0.5) is 0 Å². The number of hydrogen-bond donors (Lipinski definition) is 1. The number of hydrogen-bond acceptors (Lipinski definition) is 7. The third-order valence-corrected chi connectivity index (χ3v) is 10.7. The molecule has 0 radical (unpaired) electrons. The van der Waals surface area contributed by atoms with E-state index in [4.69, 9.17) is 9.47 Å². The van der Waals surface area contributed by atoms with Crippen molar-refractivity contribution in [3.8, 4) is 6.07 Å². The Hall–Kier alpha value is -3.18. The van der Waals surface area contributed by atoms with Crippen molar-refractivity contribution in [2.45, 2.75) is 70.1 Å². The number of fused-ring (bicyclic) bond motifs is 8. The van der Waals surface area contributed by atoms with Crippen LogP contribution in [-0.4, -0.2) is 39.5 Å². The summed E-state index contributed by atoms with van der Waals surface area (Å²) in [5, 5.41) is 22.3. The summed E-state index contributed by atoms with van der Waals surface area (Å²) in [5.74, 6) is -0.101. The fourth-order valence-electron chi connectivity index (χ4n) is 9.05. The van der Waals surface area contributed by atoms with E-state index in [1.54, 1.807) is 12.3 Å². The SMILES string of the molecule is C[C@]12C=CC(=O)CC1=CC[C@@H]1[C@@H]2[C@@H](O)C[C@@]2(C)[C@H]1C[C@H]1OC(c3cnc4ccccc4c3)O[C@]12C(=O)CC#N. The minimum atomic E-state index is -1.33. The van der Waals surface area contributed by atoms with Crippen LogP contribution in [0.2, 0.25) is 0 Å². The molecule has 200 valence electrons. The Kier molecular flexibility index (Phi) is 5.35. The number of para-hydroxylation sites is 1. The molecular formula is C32H32N2O5. The highest BCUT2D eigenvalue weighted by atomic mass is 16.7. The smallest absolute Gasteiger partial charge is 0.187 e. The molecule has 1 saturated heterocycles. The first-order chi connectivity index (χ1) is 18.7. The Balaban J connectivity index is 1.29. The number of Topliss-reactive ketones (excluding diaryl/α,β-unsaturated/α-hetero) is 1. The molecule has 3 fully saturated rings. The van der Waals surface area contributed by atoms with Crippen LogP contribution < -0.4 is 0 Å². The highest BCUT2D eigenvalue weighted by Crippen LogP contribution is 2.70. The Bertz CT molecular complexity index is 1510. The van der Waals surface area contributed by atoms with Gasteiger partial charge in [0, 0.05) is 40.3 Å². The van der Waals surface area contributed by atoms with E-state index in [1.807, 2.05) is 42.5 Å². The van der Waals surface area contributed by atoms with Gasteiger partial charge in [0.25, 0.3) is 0 Å². The number of aliphatic hydroxyl groups is 1. The summed E-state index contributed by atoms with van der Waals surface area (Å²) < 4.78 is 13.3. The van der Waals surface area contributed by atoms with Gasteiger partial charge in [-0.2, -0.15) is 5.26 Å². The molecule has 9 atom stereocenters. The predicted molar refractivity (Wildman–Crippen MR) is 142 cm³/mol. The van der Waals surface area contributed by atoms with Gasteiger partial charge in [0.1, 0.15) is 0 Å². The van der Waals surface area contributed by atoms with Gasteiger partial charge in [-0.25, -0.2) is 0 Å². The molecule has 4 aliphatic carbocycles. The van der Waals surface area contributed by atoms with Crippen LogP contribution in [-0.2, 0) is 19.1 Å². The summed E-state index contributed by atoms with van der Waals surface area (Å²) >= 11 is 0. The van der Waals surface area contributed by atoms with Crippen molar-refractivity contribution in [1.82, 2.24) is 4.98 Å². The quantitative estimate of drug-likeness (QED) is 0.577. The molecule has 0 amide bonds. The first kappa shape index (κ1) is 24.8. The van der Waals surface area contributed by atoms with E-state index < -0.39 is 34.9 Å². The van der Waals surface area contributed by atoms with Crippen molar-refractivity contribution in [3.05, 3.63) is 65.9 Å². The van der Waals surface area contributed by atoms with E-state index in [0.717, 1.165) is 28.5 Å². The summed E-state index contributed by atoms with van der Waals surface area (Å²) in [5.41, 5.74) is 0.222. The largest absolute Gasteiger partial charge is 0.393 e. The molecule has 7 rings (SSSR count). The molecule has 7 heteroatoms. The Morgan fingerprint density at radius 3 is 2.92 bits per heavy atom. The molecule has 1 unspecified atom stereocenters. The number of benzene rings is 1. The van der Waals surface area contributed by atoms with Crippen molar-refractivity contribution in [2.24, 2.45) is 28.6 Å². The minimum absolute atomic E-state index is 0.0508. The van der Waals surface area contributed by atoms with Crippen LogP contribution in [0.15, 0.2) is 60.3 Å². The van der Waals surface area contributed by atoms with E-state index >= 15 is 0 Å². The molecule has 1 aromatic carbocycles. The maximum atomic E-state index is 13.9. The fraction of sp³-hybridized carbons (Fsp3) is 0.500. The summed E-state index contributed by atoms with van der Waals surface area (Å²) in [6, 6.07) is 11.8. The summed E-state index contributed by atoms with van der Waals surface area (Å²) in [7, 11) is 0. The van der Waals surface area contributed by atoms with Crippen molar-refractivity contribution in [3.63, 3.8) is 0 Å². The zero-order valence-electron chi connectivity index (χ0n) is 22.2. The molecule has 2 heterocycles. The first-order valence-electron chi connectivity index (χ1n) is 13.9. The normalized spacial score (nSPS) is 42.2. The topological polar surface area (TPSA) is 110 Å². The molecule has 1 aliphatic heterocycles. The summed E-state index contributed by atoms with van der Waals surface area (Å²) in [4.78, 5) is 30.6. The number of nitriles is 1. The summed E-state index contributed by atoms with van der Waals surface area (Å²) in [6.07, 6.45) is 7.38. The van der Waals surface area contributed by atoms with Gasteiger partial charge in [-0.15, -0.1) is 0 Å². The third kappa shape index (κ3) is 3.23. The average molecular weight is 525 g/mol. The minimum Gasteiger partial charge on any atom is -0.393 e. The van der Waals surface area contributed by atoms with Crippen LogP contribution in [0.1, 0.15) is 57.8 Å². The second-order valence-corrected chi connectivity index (χ2v) is 12.5. The fourth-order valence-corrected chi connectivity index (χ4v) is 9.05. The number of carbonyl (C=O) groups excluding carboxylic acids is 2. The number of carbonyl (C=O) groups is 2. The van der Waals surface area contributed by atoms with Gasteiger partial charge in [-0.1, -0.05) is 49.8 Å². The lowest BCUT2D eigenvalue weighted by Crippen LogP contribution is -2.62. The first-order valence-corrected chi connectivity index (χ1v) is 13.9. The second kappa shape index (κ2) is 8.41. The molecule has 39 heavy (non-hydrogen) atoms. The number of ketones is 2. The summed E-state index contributed by atoms with van der Waals surface area (Å²) in [6.45, 7) is 4.19. The van der Waals surface area contributed by atoms with Gasteiger partial charge >= 0.3 is 0 Å². The molecule has 2 aromatic rings. The van der Waals surface area contributed by atoms with Gasteiger partial charge < -0.3 is 14.6 Å². The lowest BCUT2D eigenvalue weighted by Gasteiger charge is -2.59. The molecule has 0 spiro atoms. The van der Waals surface area contributed by atoms with E-state index in [0.29, 0.717) is 19.3 Å². The highest BCUT2D eigenvalue weighted by molar-refractivity contribution is 5.93. The molecule has 1 aromatic heterocycles. The van der Waals surface area contributed by atoms with E-state index in [-0.39, 0.29) is 35.7 Å². The highest BCUT2D eigenvalue weighted by Gasteiger charge is 2.75.